The summed E-state index contributed by atoms with van der Waals surface area (Å²) >= 11 is 0. The molecule has 0 fully saturated rings. The molecule has 6 nitrogen and oxygen atoms in total. The fraction of sp³-hybridized carbons (Fsp3) is 0.333. The van der Waals surface area contributed by atoms with Crippen molar-refractivity contribution in [3.63, 3.8) is 0 Å². The van der Waals surface area contributed by atoms with E-state index in [1.54, 1.807) is 23.1 Å². The minimum absolute atomic E-state index is 0.166. The summed E-state index contributed by atoms with van der Waals surface area (Å²) in [7, 11) is 0. The molecule has 6 heteroatoms. The highest BCUT2D eigenvalue weighted by Gasteiger charge is 2.08. The van der Waals surface area contributed by atoms with Crippen molar-refractivity contribution in [2.45, 2.75) is 26.8 Å². The largest absolute Gasteiger partial charge is 0.293 e. The number of hydrogen-bond donors (Lipinski definition) is 1. The van der Waals surface area contributed by atoms with Crippen molar-refractivity contribution in [2.75, 3.05) is 5.32 Å². The van der Waals surface area contributed by atoms with Gasteiger partial charge in [0, 0.05) is 18.6 Å². The molecule has 0 unspecified atom stereocenters. The summed E-state index contributed by atoms with van der Waals surface area (Å²) in [5.74, 6) is 0.119. The molecule has 2 aromatic rings. The molecule has 2 aromatic heterocycles. The minimum Gasteiger partial charge on any atom is -0.293 e. The van der Waals surface area contributed by atoms with E-state index in [1.165, 1.54) is 0 Å². The number of aryl methyl sites for hydroxylation is 2. The predicted octanol–water partition coefficient (Wildman–Crippen LogP) is 1.18. The van der Waals surface area contributed by atoms with Crippen LogP contribution in [0.3, 0.4) is 0 Å². The Bertz CT molecular complexity index is 535. The van der Waals surface area contributed by atoms with Crippen LogP contribution in [0.4, 0.5) is 5.95 Å². The van der Waals surface area contributed by atoms with Gasteiger partial charge in [-0.15, -0.1) is 0 Å². The molecule has 0 aliphatic heterocycles. The molecular formula is C12H15N5O. The first-order valence-corrected chi connectivity index (χ1v) is 5.79. The van der Waals surface area contributed by atoms with Gasteiger partial charge < -0.3 is 0 Å². The Morgan fingerprint density at radius 2 is 2.11 bits per heavy atom. The number of rotatable bonds is 4. The van der Waals surface area contributed by atoms with Crippen LogP contribution >= 0.6 is 0 Å². The maximum absolute atomic E-state index is 11.7. The van der Waals surface area contributed by atoms with E-state index >= 15 is 0 Å². The first kappa shape index (κ1) is 12.2. The van der Waals surface area contributed by atoms with Crippen LogP contribution in [-0.4, -0.2) is 25.7 Å². The number of hydrogen-bond acceptors (Lipinski definition) is 4. The summed E-state index contributed by atoms with van der Waals surface area (Å²) < 4.78 is 1.63. The highest BCUT2D eigenvalue weighted by molar-refractivity contribution is 5.88. The fourth-order valence-corrected chi connectivity index (χ4v) is 1.66. The first-order chi connectivity index (χ1) is 8.69. The van der Waals surface area contributed by atoms with Crippen molar-refractivity contribution < 1.29 is 4.79 Å². The summed E-state index contributed by atoms with van der Waals surface area (Å²) in [4.78, 5) is 19.6. The molecule has 18 heavy (non-hydrogen) atoms. The molecule has 1 N–H and O–H groups in total. The molecular weight excluding hydrogens is 230 g/mol. The van der Waals surface area contributed by atoms with Gasteiger partial charge in [0.1, 0.15) is 6.54 Å². The van der Waals surface area contributed by atoms with E-state index in [0.717, 1.165) is 17.7 Å². The fourth-order valence-electron chi connectivity index (χ4n) is 1.66. The second-order valence-electron chi connectivity index (χ2n) is 3.91. The second kappa shape index (κ2) is 5.39. The SMILES string of the molecule is CCc1cn(CC(=O)Nc2ncccn2)nc1C. The number of carbonyl (C=O) groups is 1. The summed E-state index contributed by atoms with van der Waals surface area (Å²) in [6.07, 6.45) is 5.96. The third-order valence-electron chi connectivity index (χ3n) is 2.55. The van der Waals surface area contributed by atoms with Crippen LogP contribution in [0.15, 0.2) is 24.7 Å². The summed E-state index contributed by atoms with van der Waals surface area (Å²) in [5.41, 5.74) is 2.11. The molecule has 0 aliphatic carbocycles. The average molecular weight is 245 g/mol. The number of aromatic nitrogens is 4. The van der Waals surface area contributed by atoms with Crippen LogP contribution in [0.5, 0.6) is 0 Å². The smallest absolute Gasteiger partial charge is 0.248 e. The lowest BCUT2D eigenvalue weighted by molar-refractivity contribution is -0.116. The molecule has 0 aliphatic rings. The third kappa shape index (κ3) is 2.91. The summed E-state index contributed by atoms with van der Waals surface area (Å²) in [5, 5.41) is 6.89. The van der Waals surface area contributed by atoms with E-state index in [2.05, 4.69) is 27.3 Å². The zero-order chi connectivity index (χ0) is 13.0. The Hall–Kier alpha value is -2.24. The van der Waals surface area contributed by atoms with Crippen LogP contribution in [0.25, 0.3) is 0 Å². The van der Waals surface area contributed by atoms with Crippen molar-refractivity contribution in [3.8, 4) is 0 Å². The van der Waals surface area contributed by atoms with Gasteiger partial charge in [0.15, 0.2) is 0 Å². The Labute approximate surface area is 105 Å². The number of nitrogens with zero attached hydrogens (tertiary/aromatic N) is 4. The molecule has 0 saturated carbocycles. The van der Waals surface area contributed by atoms with Gasteiger partial charge in [0.05, 0.1) is 5.69 Å². The molecule has 2 rings (SSSR count). The van der Waals surface area contributed by atoms with Crippen LogP contribution in [-0.2, 0) is 17.8 Å². The van der Waals surface area contributed by atoms with Gasteiger partial charge in [-0.05, 0) is 25.0 Å². The minimum atomic E-state index is -0.189. The van der Waals surface area contributed by atoms with Crippen LogP contribution < -0.4 is 5.32 Å². The van der Waals surface area contributed by atoms with Crippen molar-refractivity contribution in [1.82, 2.24) is 19.7 Å². The highest BCUT2D eigenvalue weighted by Crippen LogP contribution is 2.06. The van der Waals surface area contributed by atoms with E-state index in [0.29, 0.717) is 5.95 Å². The summed E-state index contributed by atoms with van der Waals surface area (Å²) in [6, 6.07) is 1.69. The van der Waals surface area contributed by atoms with E-state index in [-0.39, 0.29) is 12.5 Å². The standard InChI is InChI=1S/C12H15N5O/c1-3-10-7-17(16-9(10)2)8-11(18)15-12-13-5-4-6-14-12/h4-7H,3,8H2,1-2H3,(H,13,14,15,18). The van der Waals surface area contributed by atoms with Gasteiger partial charge in [-0.3, -0.25) is 14.8 Å². The zero-order valence-electron chi connectivity index (χ0n) is 10.4. The van der Waals surface area contributed by atoms with Crippen molar-refractivity contribution in [2.24, 2.45) is 0 Å². The van der Waals surface area contributed by atoms with E-state index in [1.807, 2.05) is 13.1 Å². The number of nitrogens with one attached hydrogen (secondary N) is 1. The Morgan fingerprint density at radius 1 is 1.39 bits per heavy atom. The molecule has 1 amide bonds. The van der Waals surface area contributed by atoms with Crippen LogP contribution in [0.1, 0.15) is 18.2 Å². The normalized spacial score (nSPS) is 10.3. The van der Waals surface area contributed by atoms with Crippen LogP contribution in [0.2, 0.25) is 0 Å². The third-order valence-corrected chi connectivity index (χ3v) is 2.55. The van der Waals surface area contributed by atoms with E-state index < -0.39 is 0 Å². The zero-order valence-corrected chi connectivity index (χ0v) is 10.4. The van der Waals surface area contributed by atoms with Gasteiger partial charge in [0.2, 0.25) is 11.9 Å². The maximum atomic E-state index is 11.7. The molecule has 0 spiro atoms. The van der Waals surface area contributed by atoms with Crippen molar-refractivity contribution >= 4 is 11.9 Å². The van der Waals surface area contributed by atoms with Gasteiger partial charge in [-0.25, -0.2) is 9.97 Å². The topological polar surface area (TPSA) is 72.7 Å². The molecule has 0 atom stereocenters. The average Bonchev–Trinajstić information content (AvgIpc) is 2.70. The second-order valence-corrected chi connectivity index (χ2v) is 3.91. The monoisotopic (exact) mass is 245 g/mol. The van der Waals surface area contributed by atoms with E-state index in [9.17, 15) is 4.79 Å². The quantitative estimate of drug-likeness (QED) is 0.878. The van der Waals surface area contributed by atoms with Gasteiger partial charge in [0.25, 0.3) is 0 Å². The van der Waals surface area contributed by atoms with E-state index in [4.69, 9.17) is 0 Å². The molecule has 0 radical (unpaired) electrons. The Kier molecular flexibility index (Phi) is 3.66. The molecule has 2 heterocycles. The predicted molar refractivity (Wildman–Crippen MR) is 67.0 cm³/mol. The lowest BCUT2D eigenvalue weighted by Crippen LogP contribution is -2.20. The molecule has 0 aromatic carbocycles. The number of amides is 1. The van der Waals surface area contributed by atoms with Crippen molar-refractivity contribution in [3.05, 3.63) is 35.9 Å². The highest BCUT2D eigenvalue weighted by atomic mass is 16.2. The van der Waals surface area contributed by atoms with Crippen LogP contribution in [0, 0.1) is 6.92 Å². The number of anilines is 1. The number of carbonyl (C=O) groups excluding carboxylic acids is 1. The maximum Gasteiger partial charge on any atom is 0.248 e. The molecule has 0 bridgehead atoms. The first-order valence-electron chi connectivity index (χ1n) is 5.79. The Balaban J connectivity index is 1.99. The lowest BCUT2D eigenvalue weighted by atomic mass is 10.2. The van der Waals surface area contributed by atoms with Gasteiger partial charge in [-0.1, -0.05) is 6.92 Å². The van der Waals surface area contributed by atoms with Gasteiger partial charge >= 0.3 is 0 Å². The van der Waals surface area contributed by atoms with Gasteiger partial charge in [-0.2, -0.15) is 5.10 Å². The molecule has 0 saturated heterocycles. The summed E-state index contributed by atoms with van der Waals surface area (Å²) in [6.45, 7) is 4.17. The Morgan fingerprint density at radius 3 is 2.72 bits per heavy atom. The van der Waals surface area contributed by atoms with Crippen molar-refractivity contribution in [1.29, 1.82) is 0 Å². The molecule has 94 valence electrons. The lowest BCUT2D eigenvalue weighted by Gasteiger charge is -2.02.